The number of ether oxygens (including phenoxy) is 1. The Morgan fingerprint density at radius 2 is 1.72 bits per heavy atom. The largest absolute Gasteiger partial charge is 0.378 e. The van der Waals surface area contributed by atoms with E-state index in [1.807, 2.05) is 31.2 Å². The van der Waals surface area contributed by atoms with Gasteiger partial charge in [0.15, 0.2) is 0 Å². The van der Waals surface area contributed by atoms with E-state index >= 15 is 0 Å². The summed E-state index contributed by atoms with van der Waals surface area (Å²) >= 11 is 0. The van der Waals surface area contributed by atoms with Crippen LogP contribution in [0.3, 0.4) is 0 Å². The maximum Gasteiger partial charge on any atom is 0.243 e. The number of hydrogen-bond acceptors (Lipinski definition) is 5. The van der Waals surface area contributed by atoms with Crippen molar-refractivity contribution in [3.63, 3.8) is 0 Å². The summed E-state index contributed by atoms with van der Waals surface area (Å²) in [5, 5.41) is 2.87. The summed E-state index contributed by atoms with van der Waals surface area (Å²) in [6.07, 6.45) is 0. The van der Waals surface area contributed by atoms with Crippen molar-refractivity contribution < 1.29 is 17.9 Å². The summed E-state index contributed by atoms with van der Waals surface area (Å²) in [4.78, 5) is 14.8. The van der Waals surface area contributed by atoms with Gasteiger partial charge in [0.25, 0.3) is 0 Å². The Kier molecular flexibility index (Phi) is 6.89. The zero-order valence-corrected chi connectivity index (χ0v) is 17.6. The molecule has 3 rings (SSSR count). The molecular formula is C21H27N3O4S. The zero-order chi connectivity index (χ0) is 20.9. The van der Waals surface area contributed by atoms with Crippen LogP contribution in [-0.2, 0) is 19.6 Å². The van der Waals surface area contributed by atoms with Gasteiger partial charge in [0, 0.05) is 25.8 Å². The third-order valence-electron chi connectivity index (χ3n) is 4.96. The van der Waals surface area contributed by atoms with Crippen molar-refractivity contribution in [3.8, 4) is 0 Å². The SMILES string of the molecule is CC(NC(=O)CN(C)S(=O)(=O)c1ccccc1)c1ccc(N2CCOCC2)cc1. The molecule has 29 heavy (non-hydrogen) atoms. The van der Waals surface area contributed by atoms with E-state index in [1.165, 1.54) is 19.2 Å². The highest BCUT2D eigenvalue weighted by Gasteiger charge is 2.23. The molecule has 0 aliphatic carbocycles. The molecule has 1 aliphatic heterocycles. The van der Waals surface area contributed by atoms with Crippen molar-refractivity contribution in [3.05, 3.63) is 60.2 Å². The van der Waals surface area contributed by atoms with Crippen molar-refractivity contribution in [2.45, 2.75) is 17.9 Å². The molecule has 2 aromatic carbocycles. The molecule has 1 amide bonds. The van der Waals surface area contributed by atoms with Gasteiger partial charge in [0.05, 0.1) is 30.7 Å². The highest BCUT2D eigenvalue weighted by atomic mass is 32.2. The summed E-state index contributed by atoms with van der Waals surface area (Å²) in [5.74, 6) is -0.350. The molecular weight excluding hydrogens is 390 g/mol. The molecule has 0 aromatic heterocycles. The Bertz CT molecular complexity index is 911. The number of nitrogens with one attached hydrogen (secondary N) is 1. The first-order valence-electron chi connectivity index (χ1n) is 9.61. The molecule has 1 unspecified atom stereocenters. The lowest BCUT2D eigenvalue weighted by molar-refractivity contribution is -0.121. The Morgan fingerprint density at radius 1 is 1.10 bits per heavy atom. The summed E-state index contributed by atoms with van der Waals surface area (Å²) < 4.78 is 31.5. The van der Waals surface area contributed by atoms with Gasteiger partial charge in [0.1, 0.15) is 0 Å². The van der Waals surface area contributed by atoms with Crippen molar-refractivity contribution in [1.29, 1.82) is 0 Å². The summed E-state index contributed by atoms with van der Waals surface area (Å²) in [7, 11) is -2.29. The number of carbonyl (C=O) groups excluding carboxylic acids is 1. The van der Waals surface area contributed by atoms with Crippen LogP contribution in [0.25, 0.3) is 0 Å². The minimum atomic E-state index is -3.70. The van der Waals surface area contributed by atoms with Gasteiger partial charge in [-0.15, -0.1) is 0 Å². The maximum absolute atomic E-state index is 12.5. The fourth-order valence-electron chi connectivity index (χ4n) is 3.23. The number of carbonyl (C=O) groups is 1. The fourth-order valence-corrected chi connectivity index (χ4v) is 4.37. The van der Waals surface area contributed by atoms with Crippen LogP contribution in [0.5, 0.6) is 0 Å². The second-order valence-corrected chi connectivity index (χ2v) is 9.10. The predicted octanol–water partition coefficient (Wildman–Crippen LogP) is 2.02. The van der Waals surface area contributed by atoms with E-state index < -0.39 is 10.0 Å². The average Bonchev–Trinajstić information content (AvgIpc) is 2.75. The maximum atomic E-state index is 12.5. The summed E-state index contributed by atoms with van der Waals surface area (Å²) in [6, 6.07) is 15.9. The molecule has 8 heteroatoms. The van der Waals surface area contributed by atoms with Crippen LogP contribution in [0.1, 0.15) is 18.5 Å². The second-order valence-electron chi connectivity index (χ2n) is 7.05. The van der Waals surface area contributed by atoms with E-state index in [0.29, 0.717) is 0 Å². The van der Waals surface area contributed by atoms with Crippen molar-refractivity contribution in [1.82, 2.24) is 9.62 Å². The first-order valence-corrected chi connectivity index (χ1v) is 11.1. The first-order chi connectivity index (χ1) is 13.9. The molecule has 2 aromatic rings. The van der Waals surface area contributed by atoms with Crippen molar-refractivity contribution in [2.75, 3.05) is 44.8 Å². The number of likely N-dealkylation sites (N-methyl/N-ethyl adjacent to an activating group) is 1. The molecule has 7 nitrogen and oxygen atoms in total. The van der Waals surface area contributed by atoms with Crippen LogP contribution < -0.4 is 10.2 Å². The van der Waals surface area contributed by atoms with Crippen molar-refractivity contribution in [2.24, 2.45) is 0 Å². The summed E-state index contributed by atoms with van der Waals surface area (Å²) in [6.45, 7) is 4.84. The van der Waals surface area contributed by atoms with E-state index in [0.717, 1.165) is 41.9 Å². The molecule has 1 atom stereocenters. The van der Waals surface area contributed by atoms with Crippen molar-refractivity contribution >= 4 is 21.6 Å². The second kappa shape index (κ2) is 9.39. The lowest BCUT2D eigenvalue weighted by atomic mass is 10.1. The van der Waals surface area contributed by atoms with Crippen LogP contribution >= 0.6 is 0 Å². The van der Waals surface area contributed by atoms with Gasteiger partial charge in [-0.25, -0.2) is 8.42 Å². The van der Waals surface area contributed by atoms with E-state index in [2.05, 4.69) is 10.2 Å². The Morgan fingerprint density at radius 3 is 2.34 bits per heavy atom. The fraction of sp³-hybridized carbons (Fsp3) is 0.381. The smallest absolute Gasteiger partial charge is 0.243 e. The van der Waals surface area contributed by atoms with Gasteiger partial charge in [-0.1, -0.05) is 30.3 Å². The van der Waals surface area contributed by atoms with Gasteiger partial charge in [-0.2, -0.15) is 4.31 Å². The van der Waals surface area contributed by atoms with Gasteiger partial charge in [0.2, 0.25) is 15.9 Å². The highest BCUT2D eigenvalue weighted by molar-refractivity contribution is 7.89. The molecule has 0 bridgehead atoms. The molecule has 1 N–H and O–H groups in total. The number of benzene rings is 2. The molecule has 1 saturated heterocycles. The van der Waals surface area contributed by atoms with E-state index in [9.17, 15) is 13.2 Å². The first kappa shape index (κ1) is 21.3. The number of anilines is 1. The van der Waals surface area contributed by atoms with E-state index in [-0.39, 0.29) is 23.4 Å². The Hall–Kier alpha value is -2.42. The number of amides is 1. The zero-order valence-electron chi connectivity index (χ0n) is 16.7. The molecule has 1 heterocycles. The number of rotatable bonds is 7. The topological polar surface area (TPSA) is 79.0 Å². The Labute approximate surface area is 172 Å². The van der Waals surface area contributed by atoms with E-state index in [4.69, 9.17) is 4.74 Å². The third kappa shape index (κ3) is 5.35. The number of nitrogens with zero attached hydrogens (tertiary/aromatic N) is 2. The molecule has 0 radical (unpaired) electrons. The van der Waals surface area contributed by atoms with Crippen LogP contribution in [-0.4, -0.2) is 58.5 Å². The minimum Gasteiger partial charge on any atom is -0.378 e. The van der Waals surface area contributed by atoms with Gasteiger partial charge >= 0.3 is 0 Å². The standard InChI is InChI=1S/C21H27N3O4S/c1-17(18-8-10-19(11-9-18)24-12-14-28-15-13-24)22-21(25)16-23(2)29(26,27)20-6-4-3-5-7-20/h3-11,17H,12-16H2,1-2H3,(H,22,25). The molecule has 0 saturated carbocycles. The monoisotopic (exact) mass is 417 g/mol. The average molecular weight is 418 g/mol. The highest BCUT2D eigenvalue weighted by Crippen LogP contribution is 2.20. The van der Waals surface area contributed by atoms with Crippen LogP contribution in [0.4, 0.5) is 5.69 Å². The third-order valence-corrected chi connectivity index (χ3v) is 6.78. The lowest BCUT2D eigenvalue weighted by Crippen LogP contribution is -2.39. The molecule has 1 aliphatic rings. The molecule has 0 spiro atoms. The number of hydrogen-bond donors (Lipinski definition) is 1. The molecule has 1 fully saturated rings. The van der Waals surface area contributed by atoms with E-state index in [1.54, 1.807) is 18.2 Å². The normalized spacial score (nSPS) is 15.9. The van der Waals surface area contributed by atoms with Crippen LogP contribution in [0, 0.1) is 0 Å². The van der Waals surface area contributed by atoms with Crippen LogP contribution in [0.15, 0.2) is 59.5 Å². The quantitative estimate of drug-likeness (QED) is 0.746. The summed E-state index contributed by atoms with van der Waals surface area (Å²) in [5.41, 5.74) is 2.09. The van der Waals surface area contributed by atoms with Gasteiger partial charge < -0.3 is 15.0 Å². The van der Waals surface area contributed by atoms with Crippen LogP contribution in [0.2, 0.25) is 0 Å². The number of morpholine rings is 1. The van der Waals surface area contributed by atoms with Gasteiger partial charge in [-0.05, 0) is 36.8 Å². The molecule has 156 valence electrons. The Balaban J connectivity index is 1.57. The minimum absolute atomic E-state index is 0.169. The van der Waals surface area contributed by atoms with Gasteiger partial charge in [-0.3, -0.25) is 4.79 Å². The predicted molar refractivity (Wildman–Crippen MR) is 112 cm³/mol. The lowest BCUT2D eigenvalue weighted by Gasteiger charge is -2.29. The number of sulfonamides is 1.